The average molecular weight is 321 g/mol. The lowest BCUT2D eigenvalue weighted by Gasteiger charge is -2.06. The van der Waals surface area contributed by atoms with Crippen LogP contribution in [0.1, 0.15) is 15.9 Å². The number of anilines is 1. The summed E-state index contributed by atoms with van der Waals surface area (Å²) in [6.07, 6.45) is 4.83. The molecule has 1 aromatic heterocycles. The molecule has 0 unspecified atom stereocenters. The lowest BCUT2D eigenvalue weighted by molar-refractivity contribution is -0.111. The molecule has 1 heterocycles. The maximum atomic E-state index is 12.0. The van der Waals surface area contributed by atoms with Crippen molar-refractivity contribution in [2.24, 2.45) is 5.73 Å². The number of benzene rings is 2. The molecule has 0 aliphatic heterocycles. The van der Waals surface area contributed by atoms with Crippen LogP contribution < -0.4 is 11.1 Å². The summed E-state index contributed by atoms with van der Waals surface area (Å²) in [6.45, 7) is 0. The number of para-hydroxylation sites is 1. The van der Waals surface area contributed by atoms with Crippen LogP contribution in [0.3, 0.4) is 0 Å². The quantitative estimate of drug-likeness (QED) is 0.438. The Balaban J connectivity index is 1.78. The number of fused-ring (bicyclic) bond motifs is 1. The highest BCUT2D eigenvalue weighted by atomic mass is 16.3. The predicted molar refractivity (Wildman–Crippen MR) is 92.6 cm³/mol. The van der Waals surface area contributed by atoms with E-state index in [1.54, 1.807) is 12.3 Å². The van der Waals surface area contributed by atoms with Crippen LogP contribution in [-0.4, -0.2) is 21.9 Å². The van der Waals surface area contributed by atoms with E-state index in [-0.39, 0.29) is 17.0 Å². The molecule has 0 spiro atoms. The number of phenolic OH excluding ortho intramolecular Hbond substituents is 1. The number of aromatic hydroxyl groups is 1. The Morgan fingerprint density at radius 1 is 1.17 bits per heavy atom. The molecule has 0 aliphatic carbocycles. The van der Waals surface area contributed by atoms with Crippen molar-refractivity contribution in [2.45, 2.75) is 0 Å². The average Bonchev–Trinajstić information content (AvgIpc) is 2.98. The fraction of sp³-hybridized carbons (Fsp3) is 0. The molecule has 0 fully saturated rings. The summed E-state index contributed by atoms with van der Waals surface area (Å²) in [5.41, 5.74) is 7.36. The lowest BCUT2D eigenvalue weighted by atomic mass is 10.1. The molecule has 0 radical (unpaired) electrons. The van der Waals surface area contributed by atoms with Crippen LogP contribution in [0.5, 0.6) is 5.75 Å². The Hall–Kier alpha value is -3.54. The molecule has 120 valence electrons. The Morgan fingerprint density at radius 3 is 2.75 bits per heavy atom. The number of H-pyrrole nitrogens is 1. The van der Waals surface area contributed by atoms with Gasteiger partial charge >= 0.3 is 0 Å². The number of hydrogen-bond acceptors (Lipinski definition) is 3. The Morgan fingerprint density at radius 2 is 1.96 bits per heavy atom. The van der Waals surface area contributed by atoms with Gasteiger partial charge in [0.2, 0.25) is 11.8 Å². The monoisotopic (exact) mass is 321 g/mol. The number of aromatic nitrogens is 1. The van der Waals surface area contributed by atoms with Gasteiger partial charge in [0.15, 0.2) is 0 Å². The summed E-state index contributed by atoms with van der Waals surface area (Å²) in [5.74, 6) is -1.22. The van der Waals surface area contributed by atoms with Gasteiger partial charge in [-0.05, 0) is 35.9 Å². The molecular weight excluding hydrogens is 306 g/mol. The van der Waals surface area contributed by atoms with Gasteiger partial charge < -0.3 is 21.1 Å². The first kappa shape index (κ1) is 15.4. The van der Waals surface area contributed by atoms with E-state index in [0.717, 1.165) is 16.5 Å². The Labute approximate surface area is 137 Å². The van der Waals surface area contributed by atoms with E-state index in [1.165, 1.54) is 24.3 Å². The van der Waals surface area contributed by atoms with Gasteiger partial charge in [0.25, 0.3) is 0 Å². The first-order chi connectivity index (χ1) is 11.5. The zero-order chi connectivity index (χ0) is 17.1. The number of carbonyl (C=O) groups is 2. The Bertz CT molecular complexity index is 957. The molecule has 2 amide bonds. The second-order valence-corrected chi connectivity index (χ2v) is 5.21. The second-order valence-electron chi connectivity index (χ2n) is 5.21. The zero-order valence-corrected chi connectivity index (χ0v) is 12.6. The minimum atomic E-state index is -0.639. The summed E-state index contributed by atoms with van der Waals surface area (Å²) < 4.78 is 0. The number of amides is 2. The first-order valence-corrected chi connectivity index (χ1v) is 7.22. The molecule has 0 saturated carbocycles. The maximum Gasteiger partial charge on any atom is 0.248 e. The van der Waals surface area contributed by atoms with Crippen molar-refractivity contribution in [3.63, 3.8) is 0 Å². The number of rotatable bonds is 4. The standard InChI is InChI=1S/C18H15N3O3/c19-18(24)11-5-7-16(22)15(9-11)21-17(23)8-6-12-10-20-14-4-2-1-3-13(12)14/h1-10,20,22H,(H2,19,24)(H,21,23). The minimum Gasteiger partial charge on any atom is -0.506 e. The number of nitrogens with two attached hydrogens (primary N) is 1. The van der Waals surface area contributed by atoms with Gasteiger partial charge in [-0.15, -0.1) is 0 Å². The van der Waals surface area contributed by atoms with Gasteiger partial charge in [0, 0.05) is 28.7 Å². The van der Waals surface area contributed by atoms with E-state index < -0.39 is 11.8 Å². The molecular formula is C18H15N3O3. The second kappa shape index (κ2) is 6.29. The van der Waals surface area contributed by atoms with Gasteiger partial charge in [0.05, 0.1) is 5.69 Å². The van der Waals surface area contributed by atoms with Gasteiger partial charge in [-0.3, -0.25) is 9.59 Å². The summed E-state index contributed by atoms with van der Waals surface area (Å²) in [4.78, 5) is 26.3. The van der Waals surface area contributed by atoms with Gasteiger partial charge in [0.1, 0.15) is 5.75 Å². The third-order valence-electron chi connectivity index (χ3n) is 3.57. The van der Waals surface area contributed by atoms with E-state index >= 15 is 0 Å². The van der Waals surface area contributed by atoms with E-state index in [9.17, 15) is 14.7 Å². The third-order valence-corrected chi connectivity index (χ3v) is 3.57. The topological polar surface area (TPSA) is 108 Å². The third kappa shape index (κ3) is 3.12. The van der Waals surface area contributed by atoms with Crippen molar-refractivity contribution >= 4 is 34.5 Å². The fourth-order valence-electron chi connectivity index (χ4n) is 2.36. The van der Waals surface area contributed by atoms with E-state index in [2.05, 4.69) is 10.3 Å². The predicted octanol–water partition coefficient (Wildman–Crippen LogP) is 2.62. The first-order valence-electron chi connectivity index (χ1n) is 7.22. The summed E-state index contributed by atoms with van der Waals surface area (Å²) >= 11 is 0. The smallest absolute Gasteiger partial charge is 0.248 e. The molecule has 0 saturated heterocycles. The molecule has 24 heavy (non-hydrogen) atoms. The highest BCUT2D eigenvalue weighted by molar-refractivity contribution is 6.05. The fourth-order valence-corrected chi connectivity index (χ4v) is 2.36. The van der Waals surface area contributed by atoms with Crippen LogP contribution >= 0.6 is 0 Å². The normalized spacial score (nSPS) is 11.0. The molecule has 0 aliphatic rings. The molecule has 5 N–H and O–H groups in total. The largest absolute Gasteiger partial charge is 0.506 e. The molecule has 3 rings (SSSR count). The minimum absolute atomic E-state index is 0.125. The summed E-state index contributed by atoms with van der Waals surface area (Å²) in [7, 11) is 0. The van der Waals surface area contributed by atoms with Crippen LogP contribution in [0.15, 0.2) is 54.7 Å². The Kier molecular flexibility index (Phi) is 4.03. The number of phenols is 1. The highest BCUT2D eigenvalue weighted by Gasteiger charge is 2.08. The summed E-state index contributed by atoms with van der Waals surface area (Å²) in [6, 6.07) is 11.8. The van der Waals surface area contributed by atoms with E-state index in [1.807, 2.05) is 24.3 Å². The molecule has 6 heteroatoms. The van der Waals surface area contributed by atoms with Crippen molar-refractivity contribution in [2.75, 3.05) is 5.32 Å². The lowest BCUT2D eigenvalue weighted by Crippen LogP contribution is -2.13. The number of carbonyl (C=O) groups excluding carboxylic acids is 2. The maximum absolute atomic E-state index is 12.0. The molecule has 2 aromatic carbocycles. The van der Waals surface area contributed by atoms with Crippen molar-refractivity contribution in [3.8, 4) is 5.75 Å². The number of nitrogens with one attached hydrogen (secondary N) is 2. The van der Waals surface area contributed by atoms with Crippen molar-refractivity contribution in [1.82, 2.24) is 4.98 Å². The van der Waals surface area contributed by atoms with Crippen LogP contribution in [0.4, 0.5) is 5.69 Å². The number of hydrogen-bond donors (Lipinski definition) is 4. The van der Waals surface area contributed by atoms with E-state index in [0.29, 0.717) is 0 Å². The van der Waals surface area contributed by atoms with Crippen LogP contribution in [0.2, 0.25) is 0 Å². The molecule has 0 bridgehead atoms. The van der Waals surface area contributed by atoms with Gasteiger partial charge in [-0.1, -0.05) is 18.2 Å². The van der Waals surface area contributed by atoms with Crippen LogP contribution in [0.25, 0.3) is 17.0 Å². The van der Waals surface area contributed by atoms with Crippen molar-refractivity contribution in [1.29, 1.82) is 0 Å². The SMILES string of the molecule is NC(=O)c1ccc(O)c(NC(=O)C=Cc2c[nH]c3ccccc23)c1. The van der Waals surface area contributed by atoms with Crippen molar-refractivity contribution in [3.05, 3.63) is 65.9 Å². The van der Waals surface area contributed by atoms with Crippen LogP contribution in [-0.2, 0) is 4.79 Å². The highest BCUT2D eigenvalue weighted by Crippen LogP contribution is 2.24. The number of primary amides is 1. The van der Waals surface area contributed by atoms with Gasteiger partial charge in [-0.25, -0.2) is 0 Å². The van der Waals surface area contributed by atoms with Crippen molar-refractivity contribution < 1.29 is 14.7 Å². The van der Waals surface area contributed by atoms with Gasteiger partial charge in [-0.2, -0.15) is 0 Å². The number of aromatic amines is 1. The van der Waals surface area contributed by atoms with E-state index in [4.69, 9.17) is 5.73 Å². The molecule has 3 aromatic rings. The zero-order valence-electron chi connectivity index (χ0n) is 12.6. The molecule has 6 nitrogen and oxygen atoms in total. The summed E-state index contributed by atoms with van der Waals surface area (Å²) in [5, 5.41) is 13.3. The van der Waals surface area contributed by atoms with Crippen LogP contribution in [0, 0.1) is 0 Å². The molecule has 0 atom stereocenters.